The fourth-order valence-electron chi connectivity index (χ4n) is 2.22. The van der Waals surface area contributed by atoms with Gasteiger partial charge in [0.05, 0.1) is 17.2 Å². The number of aryl methyl sites for hydroxylation is 1. The molecule has 0 saturated heterocycles. The normalized spacial score (nSPS) is 12.8. The minimum atomic E-state index is 0. The first kappa shape index (κ1) is 21.4. The fourth-order valence-corrected chi connectivity index (χ4v) is 4.07. The molecule has 0 spiro atoms. The molecule has 24 heavy (non-hydrogen) atoms. The predicted molar refractivity (Wildman–Crippen MR) is 117 cm³/mol. The van der Waals surface area contributed by atoms with Crippen molar-refractivity contribution in [2.45, 2.75) is 52.6 Å². The van der Waals surface area contributed by atoms with Crippen molar-refractivity contribution in [3.8, 4) is 0 Å². The van der Waals surface area contributed by atoms with Gasteiger partial charge in [-0.25, -0.2) is 4.98 Å². The Kier molecular flexibility index (Phi) is 9.22. The largest absolute Gasteiger partial charge is 0.354 e. The smallest absolute Gasteiger partial charge is 0.191 e. The highest BCUT2D eigenvalue weighted by Crippen LogP contribution is 2.19. The van der Waals surface area contributed by atoms with Gasteiger partial charge in [-0.3, -0.25) is 4.99 Å². The van der Waals surface area contributed by atoms with Crippen molar-refractivity contribution < 1.29 is 0 Å². The van der Waals surface area contributed by atoms with E-state index >= 15 is 0 Å². The summed E-state index contributed by atoms with van der Waals surface area (Å²) in [6.45, 7) is 9.37. The van der Waals surface area contributed by atoms with Gasteiger partial charge in [0.15, 0.2) is 5.96 Å². The Labute approximate surface area is 170 Å². The van der Waals surface area contributed by atoms with Crippen molar-refractivity contribution >= 4 is 52.6 Å². The maximum absolute atomic E-state index is 4.64. The Morgan fingerprint density at radius 1 is 1.29 bits per heavy atom. The number of nitrogens with one attached hydrogen (secondary N) is 2. The molecule has 0 aliphatic rings. The molecule has 134 valence electrons. The van der Waals surface area contributed by atoms with Gasteiger partial charge in [0.2, 0.25) is 0 Å². The third-order valence-electron chi connectivity index (χ3n) is 3.41. The van der Waals surface area contributed by atoms with Crippen molar-refractivity contribution in [1.29, 1.82) is 0 Å². The van der Waals surface area contributed by atoms with Gasteiger partial charge in [0.25, 0.3) is 0 Å². The number of hydrogen-bond donors (Lipinski definition) is 2. The highest BCUT2D eigenvalue weighted by atomic mass is 127. The number of aromatic nitrogens is 1. The lowest BCUT2D eigenvalue weighted by atomic mass is 10.2. The van der Waals surface area contributed by atoms with Crippen LogP contribution in [0, 0.1) is 6.92 Å². The molecule has 2 aromatic rings. The Hall–Kier alpha value is -0.670. The lowest BCUT2D eigenvalue weighted by Gasteiger charge is -2.17. The number of hydrogen-bond acceptors (Lipinski definition) is 4. The van der Waals surface area contributed by atoms with Crippen LogP contribution in [-0.2, 0) is 13.0 Å². The molecule has 2 heterocycles. The molecular formula is C17H27IN4S2. The first-order valence-corrected chi connectivity index (χ1v) is 9.64. The fraction of sp³-hybridized carbons (Fsp3) is 0.529. The van der Waals surface area contributed by atoms with Crippen LogP contribution in [0.5, 0.6) is 0 Å². The van der Waals surface area contributed by atoms with Gasteiger partial charge in [0, 0.05) is 40.6 Å². The molecule has 2 aromatic heterocycles. The van der Waals surface area contributed by atoms with Crippen molar-refractivity contribution in [3.05, 3.63) is 38.0 Å². The molecule has 0 amide bonds. The zero-order chi connectivity index (χ0) is 16.8. The molecule has 0 radical (unpaired) electrons. The number of rotatable bonds is 6. The summed E-state index contributed by atoms with van der Waals surface area (Å²) in [6, 6.07) is 4.71. The minimum Gasteiger partial charge on any atom is -0.354 e. The highest BCUT2D eigenvalue weighted by molar-refractivity contribution is 14.0. The van der Waals surface area contributed by atoms with Gasteiger partial charge in [-0.1, -0.05) is 13.8 Å². The molecule has 1 unspecified atom stereocenters. The molecule has 1 atom stereocenters. The Morgan fingerprint density at radius 3 is 2.58 bits per heavy atom. The van der Waals surface area contributed by atoms with E-state index < -0.39 is 0 Å². The van der Waals surface area contributed by atoms with Crippen molar-refractivity contribution in [2.24, 2.45) is 4.99 Å². The zero-order valence-corrected chi connectivity index (χ0v) is 18.9. The summed E-state index contributed by atoms with van der Waals surface area (Å²) >= 11 is 3.58. The van der Waals surface area contributed by atoms with E-state index in [4.69, 9.17) is 0 Å². The number of guanidine groups is 1. The average Bonchev–Trinajstić information content (AvgIpc) is 3.12. The first-order chi connectivity index (χ1) is 11.0. The van der Waals surface area contributed by atoms with Crippen LogP contribution in [0.1, 0.15) is 47.1 Å². The van der Waals surface area contributed by atoms with Crippen molar-refractivity contribution in [1.82, 2.24) is 15.6 Å². The van der Waals surface area contributed by atoms with E-state index in [9.17, 15) is 0 Å². The topological polar surface area (TPSA) is 49.3 Å². The van der Waals surface area contributed by atoms with E-state index in [-0.39, 0.29) is 24.0 Å². The van der Waals surface area contributed by atoms with Crippen LogP contribution in [-0.4, -0.2) is 24.0 Å². The average molecular weight is 478 g/mol. The van der Waals surface area contributed by atoms with E-state index in [0.717, 1.165) is 18.1 Å². The molecular weight excluding hydrogens is 451 g/mol. The molecule has 2 rings (SSSR count). The van der Waals surface area contributed by atoms with Gasteiger partial charge in [0.1, 0.15) is 0 Å². The van der Waals surface area contributed by atoms with E-state index in [1.165, 1.54) is 14.8 Å². The Morgan fingerprint density at radius 2 is 2.04 bits per heavy atom. The van der Waals surface area contributed by atoms with Gasteiger partial charge < -0.3 is 10.6 Å². The molecule has 0 saturated carbocycles. The van der Waals surface area contributed by atoms with Gasteiger partial charge in [-0.15, -0.1) is 46.7 Å². The van der Waals surface area contributed by atoms with E-state index in [1.807, 2.05) is 11.3 Å². The standard InChI is InChI=1S/C17H26N4S2.HI/c1-11(2)16-21-14(10-22-16)9-19-17(18-5)20-12(3)8-15-7-6-13(4)23-15;/h6-7,10-12H,8-9H2,1-5H3,(H2,18,19,20);1H. The third-order valence-corrected chi connectivity index (χ3v) is 5.63. The molecule has 4 nitrogen and oxygen atoms in total. The third kappa shape index (κ3) is 6.68. The maximum atomic E-state index is 4.64. The monoisotopic (exact) mass is 478 g/mol. The second-order valence-electron chi connectivity index (χ2n) is 6.02. The SMILES string of the molecule is CN=C(NCc1csc(C(C)C)n1)NC(C)Cc1ccc(C)s1.I. The van der Waals surface area contributed by atoms with Crippen LogP contribution in [0.2, 0.25) is 0 Å². The summed E-state index contributed by atoms with van der Waals surface area (Å²) in [5.74, 6) is 1.31. The zero-order valence-electron chi connectivity index (χ0n) is 14.9. The lowest BCUT2D eigenvalue weighted by molar-refractivity contribution is 0.643. The quantitative estimate of drug-likeness (QED) is 0.364. The summed E-state index contributed by atoms with van der Waals surface area (Å²) < 4.78 is 0. The van der Waals surface area contributed by atoms with Crippen molar-refractivity contribution in [3.63, 3.8) is 0 Å². The second-order valence-corrected chi connectivity index (χ2v) is 8.28. The Balaban J connectivity index is 0.00000288. The van der Waals surface area contributed by atoms with Crippen LogP contribution in [0.4, 0.5) is 0 Å². The summed E-state index contributed by atoms with van der Waals surface area (Å²) in [5, 5.41) is 10.1. The summed E-state index contributed by atoms with van der Waals surface area (Å²) in [7, 11) is 1.80. The first-order valence-electron chi connectivity index (χ1n) is 7.94. The molecule has 0 fully saturated rings. The number of thiophene rings is 1. The van der Waals surface area contributed by atoms with E-state index in [1.54, 1.807) is 18.4 Å². The number of thiazole rings is 1. The molecule has 0 aliphatic heterocycles. The number of halogens is 1. The maximum Gasteiger partial charge on any atom is 0.191 e. The molecule has 0 aliphatic carbocycles. The van der Waals surface area contributed by atoms with Gasteiger partial charge >= 0.3 is 0 Å². The molecule has 7 heteroatoms. The van der Waals surface area contributed by atoms with Crippen LogP contribution in [0.15, 0.2) is 22.5 Å². The second kappa shape index (κ2) is 10.4. The highest BCUT2D eigenvalue weighted by Gasteiger charge is 2.09. The van der Waals surface area contributed by atoms with Crippen LogP contribution < -0.4 is 10.6 Å². The van der Waals surface area contributed by atoms with Crippen LogP contribution in [0.25, 0.3) is 0 Å². The van der Waals surface area contributed by atoms with Gasteiger partial charge in [-0.2, -0.15) is 0 Å². The summed E-state index contributed by atoms with van der Waals surface area (Å²) in [4.78, 5) is 11.7. The lowest BCUT2D eigenvalue weighted by Crippen LogP contribution is -2.42. The molecule has 2 N–H and O–H groups in total. The minimum absolute atomic E-state index is 0. The van der Waals surface area contributed by atoms with Gasteiger partial charge in [-0.05, 0) is 26.0 Å². The Bertz CT molecular complexity index is 649. The summed E-state index contributed by atoms with van der Waals surface area (Å²) in [6.07, 6.45) is 1.01. The van der Waals surface area contributed by atoms with Crippen LogP contribution in [0.3, 0.4) is 0 Å². The number of nitrogens with zero attached hydrogens (tertiary/aromatic N) is 2. The van der Waals surface area contributed by atoms with E-state index in [2.05, 4.69) is 65.8 Å². The molecule has 0 bridgehead atoms. The number of aliphatic imine (C=N–C) groups is 1. The van der Waals surface area contributed by atoms with E-state index in [0.29, 0.717) is 18.5 Å². The van der Waals surface area contributed by atoms with Crippen molar-refractivity contribution in [2.75, 3.05) is 7.05 Å². The summed E-state index contributed by atoms with van der Waals surface area (Å²) in [5.41, 5.74) is 1.07. The predicted octanol–water partition coefficient (Wildman–Crippen LogP) is 4.55. The molecule has 0 aromatic carbocycles. The van der Waals surface area contributed by atoms with Crippen LogP contribution >= 0.6 is 46.7 Å².